The van der Waals surface area contributed by atoms with E-state index in [2.05, 4.69) is 17.1 Å². The Morgan fingerprint density at radius 2 is 1.79 bits per heavy atom. The first-order valence-electron chi connectivity index (χ1n) is 7.80. The zero-order chi connectivity index (χ0) is 16.4. The third kappa shape index (κ3) is 3.01. The van der Waals surface area contributed by atoms with Crippen LogP contribution in [0.15, 0.2) is 71.7 Å². The Kier molecular flexibility index (Phi) is 3.75. The molecule has 3 aromatic rings. The fourth-order valence-electron chi connectivity index (χ4n) is 2.70. The maximum atomic E-state index is 11.2. The molecule has 0 spiro atoms. The molecule has 1 aliphatic rings. The molecule has 1 unspecified atom stereocenters. The van der Waals surface area contributed by atoms with Crippen LogP contribution in [0.5, 0.6) is 11.8 Å². The van der Waals surface area contributed by atoms with E-state index in [-0.39, 0.29) is 11.7 Å². The Bertz CT molecular complexity index is 888. The van der Waals surface area contributed by atoms with Crippen molar-refractivity contribution in [2.24, 2.45) is 0 Å². The van der Waals surface area contributed by atoms with E-state index >= 15 is 0 Å². The van der Waals surface area contributed by atoms with Gasteiger partial charge in [-0.05, 0) is 23.3 Å². The van der Waals surface area contributed by atoms with Gasteiger partial charge in [-0.1, -0.05) is 42.5 Å². The number of benzene rings is 2. The Morgan fingerprint density at radius 3 is 2.58 bits per heavy atom. The zero-order valence-electron chi connectivity index (χ0n) is 13.0. The van der Waals surface area contributed by atoms with Gasteiger partial charge in [0.25, 0.3) is 11.6 Å². The van der Waals surface area contributed by atoms with Crippen LogP contribution in [0, 0.1) is 0 Å². The second-order valence-corrected chi connectivity index (χ2v) is 5.64. The van der Waals surface area contributed by atoms with Gasteiger partial charge in [0.1, 0.15) is 12.4 Å². The third-order valence-corrected chi connectivity index (χ3v) is 3.92. The number of nitrogens with zero attached hydrogens (tertiary/aromatic N) is 2. The minimum Gasteiger partial charge on any atom is -0.490 e. The predicted molar refractivity (Wildman–Crippen MR) is 90.3 cm³/mol. The van der Waals surface area contributed by atoms with Gasteiger partial charge in [-0.2, -0.15) is 4.98 Å². The molecule has 0 N–H and O–H groups in total. The van der Waals surface area contributed by atoms with Gasteiger partial charge < -0.3 is 9.47 Å². The number of rotatable bonds is 4. The van der Waals surface area contributed by atoms with Crippen LogP contribution in [0.4, 0.5) is 0 Å². The first-order valence-corrected chi connectivity index (χ1v) is 7.80. The minimum atomic E-state index is -0.292. The topological polar surface area (TPSA) is 53.4 Å². The first-order chi connectivity index (χ1) is 11.8. The molecular formula is C19H16N2O3. The summed E-state index contributed by atoms with van der Waals surface area (Å²) in [6.07, 6.45) is 1.55. The molecule has 4 rings (SSSR count). The van der Waals surface area contributed by atoms with Crippen molar-refractivity contribution in [2.75, 3.05) is 6.61 Å². The van der Waals surface area contributed by atoms with Crippen molar-refractivity contribution in [3.63, 3.8) is 0 Å². The second-order valence-electron chi connectivity index (χ2n) is 5.64. The summed E-state index contributed by atoms with van der Waals surface area (Å²) in [7, 11) is 0. The van der Waals surface area contributed by atoms with Crippen LogP contribution >= 0.6 is 0 Å². The van der Waals surface area contributed by atoms with E-state index in [1.54, 1.807) is 6.20 Å². The average Bonchev–Trinajstić information content (AvgIpc) is 3.03. The van der Waals surface area contributed by atoms with Crippen LogP contribution in [0.25, 0.3) is 11.1 Å². The predicted octanol–water partition coefficient (Wildman–Crippen LogP) is 2.75. The van der Waals surface area contributed by atoms with Crippen molar-refractivity contribution in [2.45, 2.75) is 12.6 Å². The SMILES string of the molecule is O=c1ccn2c(n1)OC(COc1ccc(-c3ccccc3)cc1)C2. The highest BCUT2D eigenvalue weighted by molar-refractivity contribution is 5.63. The van der Waals surface area contributed by atoms with E-state index in [1.165, 1.54) is 11.6 Å². The minimum absolute atomic E-state index is 0.145. The molecule has 2 aromatic carbocycles. The van der Waals surface area contributed by atoms with E-state index in [0.717, 1.165) is 11.3 Å². The summed E-state index contributed by atoms with van der Waals surface area (Å²) in [5, 5.41) is 0. The van der Waals surface area contributed by atoms with Crippen LogP contribution in [-0.2, 0) is 6.54 Å². The lowest BCUT2D eigenvalue weighted by atomic mass is 10.1. The molecule has 1 atom stereocenters. The van der Waals surface area contributed by atoms with Crippen molar-refractivity contribution in [3.8, 4) is 22.9 Å². The number of aromatic nitrogens is 2. The van der Waals surface area contributed by atoms with Crippen molar-refractivity contribution >= 4 is 0 Å². The highest BCUT2D eigenvalue weighted by Crippen LogP contribution is 2.23. The van der Waals surface area contributed by atoms with Crippen molar-refractivity contribution in [3.05, 3.63) is 77.2 Å². The van der Waals surface area contributed by atoms with E-state index in [9.17, 15) is 4.79 Å². The summed E-state index contributed by atoms with van der Waals surface area (Å²) in [5.74, 6) is 0.789. The standard InChI is InChI=1S/C19H16N2O3/c22-18-10-11-21-12-17(24-19(21)20-18)13-23-16-8-6-15(7-9-16)14-4-2-1-3-5-14/h1-11,17H,12-13H2. The molecule has 5 nitrogen and oxygen atoms in total. The molecule has 1 aromatic heterocycles. The number of hydrogen-bond donors (Lipinski definition) is 0. The molecule has 0 amide bonds. The quantitative estimate of drug-likeness (QED) is 0.742. The normalized spacial score (nSPS) is 15.6. The van der Waals surface area contributed by atoms with Gasteiger partial charge >= 0.3 is 0 Å². The molecule has 0 saturated heterocycles. The van der Waals surface area contributed by atoms with Crippen LogP contribution in [0.2, 0.25) is 0 Å². The molecule has 1 aliphatic heterocycles. The second kappa shape index (κ2) is 6.20. The lowest BCUT2D eigenvalue weighted by Crippen LogP contribution is -2.23. The lowest BCUT2D eigenvalue weighted by molar-refractivity contribution is 0.143. The van der Waals surface area contributed by atoms with Gasteiger partial charge in [-0.25, -0.2) is 0 Å². The lowest BCUT2D eigenvalue weighted by Gasteiger charge is -2.11. The fraction of sp³-hybridized carbons (Fsp3) is 0.158. The third-order valence-electron chi connectivity index (χ3n) is 3.92. The zero-order valence-corrected chi connectivity index (χ0v) is 13.0. The van der Waals surface area contributed by atoms with Gasteiger partial charge in [-0.3, -0.25) is 9.36 Å². The summed E-state index contributed by atoms with van der Waals surface area (Å²) >= 11 is 0. The summed E-state index contributed by atoms with van der Waals surface area (Å²) in [6.45, 7) is 1.03. The molecule has 5 heteroatoms. The van der Waals surface area contributed by atoms with Crippen molar-refractivity contribution in [1.82, 2.24) is 9.55 Å². The highest BCUT2D eigenvalue weighted by atomic mass is 16.6. The van der Waals surface area contributed by atoms with Gasteiger partial charge in [0, 0.05) is 12.3 Å². The van der Waals surface area contributed by atoms with Gasteiger partial charge in [-0.15, -0.1) is 0 Å². The fourth-order valence-corrected chi connectivity index (χ4v) is 2.70. The molecule has 0 saturated carbocycles. The molecule has 24 heavy (non-hydrogen) atoms. The van der Waals surface area contributed by atoms with Crippen LogP contribution in [-0.4, -0.2) is 22.3 Å². The maximum Gasteiger partial charge on any atom is 0.300 e. The Balaban J connectivity index is 1.38. The number of ether oxygens (including phenoxy) is 2. The molecule has 0 aliphatic carbocycles. The smallest absolute Gasteiger partial charge is 0.300 e. The van der Waals surface area contributed by atoms with Crippen molar-refractivity contribution < 1.29 is 9.47 Å². The molecule has 120 valence electrons. The summed E-state index contributed by atoms with van der Waals surface area (Å²) < 4.78 is 13.2. The van der Waals surface area contributed by atoms with Gasteiger partial charge in [0.2, 0.25) is 0 Å². The number of hydrogen-bond acceptors (Lipinski definition) is 4. The van der Waals surface area contributed by atoms with Crippen LogP contribution in [0.3, 0.4) is 0 Å². The van der Waals surface area contributed by atoms with E-state index in [0.29, 0.717) is 19.2 Å². The average molecular weight is 320 g/mol. The molecule has 0 fully saturated rings. The van der Waals surface area contributed by atoms with E-state index in [4.69, 9.17) is 9.47 Å². The summed E-state index contributed by atoms with van der Waals surface area (Å²) in [4.78, 5) is 15.1. The van der Waals surface area contributed by atoms with Crippen LogP contribution < -0.4 is 15.0 Å². The summed E-state index contributed by atoms with van der Waals surface area (Å²) in [5.41, 5.74) is 2.03. The van der Waals surface area contributed by atoms with E-state index < -0.39 is 0 Å². The van der Waals surface area contributed by atoms with Gasteiger partial charge in [0.05, 0.1) is 6.54 Å². The molecule has 2 heterocycles. The van der Waals surface area contributed by atoms with Gasteiger partial charge in [0.15, 0.2) is 6.10 Å². The number of fused-ring (bicyclic) bond motifs is 1. The monoisotopic (exact) mass is 320 g/mol. The van der Waals surface area contributed by atoms with E-state index in [1.807, 2.05) is 47.0 Å². The highest BCUT2D eigenvalue weighted by Gasteiger charge is 2.23. The van der Waals surface area contributed by atoms with Crippen molar-refractivity contribution in [1.29, 1.82) is 0 Å². The summed E-state index contributed by atoms with van der Waals surface area (Å²) in [6, 6.07) is 20.0. The molecule has 0 bridgehead atoms. The largest absolute Gasteiger partial charge is 0.490 e. The maximum absolute atomic E-state index is 11.2. The van der Waals surface area contributed by atoms with Crippen LogP contribution in [0.1, 0.15) is 0 Å². The Morgan fingerprint density at radius 1 is 1.04 bits per heavy atom. The molecular weight excluding hydrogens is 304 g/mol. The first kappa shape index (κ1) is 14.5. The Labute approximate surface area is 139 Å². The molecule has 0 radical (unpaired) electrons. The Hall–Kier alpha value is -3.08.